The molecule has 57 heavy (non-hydrogen) atoms. The van der Waals surface area contributed by atoms with Gasteiger partial charge >= 0.3 is 19.8 Å². The molecule has 3 atom stereocenters. The molecular formula is C46H89O10P. The van der Waals surface area contributed by atoms with Crippen LogP contribution in [0.2, 0.25) is 0 Å². The normalized spacial score (nSPS) is 13.8. The number of aliphatic hydroxyl groups excluding tert-OH is 2. The van der Waals surface area contributed by atoms with E-state index < -0.39 is 58.4 Å². The molecule has 0 aromatic carbocycles. The molecule has 0 saturated heterocycles. The predicted octanol–water partition coefficient (Wildman–Crippen LogP) is 12.8. The Labute approximate surface area is 349 Å². The molecule has 0 rings (SSSR count). The Morgan fingerprint density at radius 2 is 0.719 bits per heavy atom. The van der Waals surface area contributed by atoms with Crippen LogP contribution in [0, 0.1) is 0 Å². The molecule has 0 amide bonds. The van der Waals surface area contributed by atoms with Gasteiger partial charge in [-0.3, -0.25) is 18.6 Å². The minimum atomic E-state index is -4.63. The summed E-state index contributed by atoms with van der Waals surface area (Å²) in [6.07, 6.45) is 41.9. The van der Waals surface area contributed by atoms with E-state index >= 15 is 0 Å². The van der Waals surface area contributed by atoms with Crippen LogP contribution >= 0.6 is 7.82 Å². The Bertz CT molecular complexity index is 961. The van der Waals surface area contributed by atoms with E-state index in [-0.39, 0.29) is 12.8 Å². The monoisotopic (exact) mass is 833 g/mol. The molecule has 338 valence electrons. The minimum Gasteiger partial charge on any atom is -0.457 e. The predicted molar refractivity (Wildman–Crippen MR) is 233 cm³/mol. The van der Waals surface area contributed by atoms with Crippen molar-refractivity contribution in [2.75, 3.05) is 26.4 Å². The highest BCUT2D eigenvalue weighted by Crippen LogP contribution is 2.43. The number of aliphatic hydroxyl groups is 2. The average Bonchev–Trinajstić information content (AvgIpc) is 3.20. The molecule has 0 fully saturated rings. The van der Waals surface area contributed by atoms with E-state index in [0.717, 1.165) is 57.8 Å². The fourth-order valence-corrected chi connectivity index (χ4v) is 7.60. The van der Waals surface area contributed by atoms with Gasteiger partial charge in [0.1, 0.15) is 12.2 Å². The number of hydrogen-bond acceptors (Lipinski definition) is 9. The summed E-state index contributed by atoms with van der Waals surface area (Å²) in [7, 11) is -4.63. The lowest BCUT2D eigenvalue weighted by Crippen LogP contribution is -2.28. The van der Waals surface area contributed by atoms with E-state index in [1.54, 1.807) is 0 Å². The van der Waals surface area contributed by atoms with Crippen molar-refractivity contribution in [1.82, 2.24) is 0 Å². The molecular weight excluding hydrogens is 743 g/mol. The number of ether oxygens (including phenoxy) is 2. The van der Waals surface area contributed by atoms with Crippen molar-refractivity contribution in [3.8, 4) is 0 Å². The zero-order chi connectivity index (χ0) is 41.9. The van der Waals surface area contributed by atoms with Crippen LogP contribution in [-0.2, 0) is 32.7 Å². The summed E-state index contributed by atoms with van der Waals surface area (Å²) in [5, 5.41) is 19.2. The van der Waals surface area contributed by atoms with Crippen molar-refractivity contribution >= 4 is 19.8 Å². The molecule has 0 aromatic heterocycles. The number of phosphoric ester groups is 1. The number of unbranched alkanes of at least 4 members (excludes halogenated alkanes) is 29. The van der Waals surface area contributed by atoms with Crippen LogP contribution in [0.1, 0.15) is 232 Å². The summed E-state index contributed by atoms with van der Waals surface area (Å²) < 4.78 is 32.6. The van der Waals surface area contributed by atoms with Gasteiger partial charge in [0.2, 0.25) is 0 Å². The Morgan fingerprint density at radius 3 is 1.02 bits per heavy atom. The molecule has 3 N–H and O–H groups in total. The molecule has 3 unspecified atom stereocenters. The molecule has 0 spiro atoms. The molecule has 0 aliphatic carbocycles. The van der Waals surface area contributed by atoms with Gasteiger partial charge in [0.15, 0.2) is 0 Å². The first kappa shape index (κ1) is 55.7. The summed E-state index contributed by atoms with van der Waals surface area (Å²) in [5.41, 5.74) is 0. The maximum atomic E-state index is 12.4. The quantitative estimate of drug-likeness (QED) is 0.0234. The standard InChI is InChI=1S/C46H89O10P/c1-3-5-7-9-11-13-15-17-18-19-20-21-22-23-24-26-28-30-32-34-36-38-46(50)56-44(40-48)42-54-57(51,52)53-41-43(39-47)55-45(49)37-35-33-31-29-27-25-16-14-12-10-8-6-4-2/h14,16,43-44,47-48H,3-13,15,17-42H2,1-2H3,(H,51,52)/b16-14-. The first-order valence-electron chi connectivity index (χ1n) is 23.6. The Kier molecular flexibility index (Phi) is 41.9. The van der Waals surface area contributed by atoms with E-state index in [4.69, 9.17) is 18.5 Å². The lowest BCUT2D eigenvalue weighted by molar-refractivity contribution is -0.153. The molecule has 0 aliphatic rings. The van der Waals surface area contributed by atoms with Crippen molar-refractivity contribution in [1.29, 1.82) is 0 Å². The number of rotatable bonds is 45. The maximum Gasteiger partial charge on any atom is 0.472 e. The summed E-state index contributed by atoms with van der Waals surface area (Å²) in [5.74, 6) is -1.02. The highest BCUT2D eigenvalue weighted by atomic mass is 31.2. The van der Waals surface area contributed by atoms with Crippen LogP contribution in [0.4, 0.5) is 0 Å². The van der Waals surface area contributed by atoms with Gasteiger partial charge in [-0.1, -0.05) is 193 Å². The molecule has 0 saturated carbocycles. The number of allylic oxidation sites excluding steroid dienone is 2. The zero-order valence-corrected chi connectivity index (χ0v) is 37.7. The largest absolute Gasteiger partial charge is 0.472 e. The van der Waals surface area contributed by atoms with Crippen molar-refractivity contribution in [2.24, 2.45) is 0 Å². The lowest BCUT2D eigenvalue weighted by atomic mass is 10.0. The van der Waals surface area contributed by atoms with Crippen LogP contribution in [0.3, 0.4) is 0 Å². The summed E-state index contributed by atoms with van der Waals surface area (Å²) in [6, 6.07) is 0. The molecule has 0 aliphatic heterocycles. The molecule has 0 bridgehead atoms. The Balaban J connectivity index is 3.82. The van der Waals surface area contributed by atoms with Gasteiger partial charge in [0.05, 0.1) is 26.4 Å². The first-order chi connectivity index (χ1) is 27.8. The molecule has 11 heteroatoms. The maximum absolute atomic E-state index is 12.4. The van der Waals surface area contributed by atoms with E-state index in [1.165, 1.54) is 135 Å². The van der Waals surface area contributed by atoms with Gasteiger partial charge in [-0.05, 0) is 38.5 Å². The third kappa shape index (κ3) is 41.2. The highest BCUT2D eigenvalue weighted by molar-refractivity contribution is 7.47. The smallest absolute Gasteiger partial charge is 0.457 e. The van der Waals surface area contributed by atoms with Gasteiger partial charge in [0.25, 0.3) is 0 Å². The summed E-state index contributed by atoms with van der Waals surface area (Å²) in [4.78, 5) is 34.5. The van der Waals surface area contributed by atoms with Crippen LogP contribution in [0.5, 0.6) is 0 Å². The second-order valence-corrected chi connectivity index (χ2v) is 17.6. The van der Waals surface area contributed by atoms with Crippen LogP contribution < -0.4 is 0 Å². The summed E-state index contributed by atoms with van der Waals surface area (Å²) >= 11 is 0. The Morgan fingerprint density at radius 1 is 0.456 bits per heavy atom. The average molecular weight is 833 g/mol. The van der Waals surface area contributed by atoms with Crippen molar-refractivity contribution in [3.63, 3.8) is 0 Å². The number of hydrogen-bond donors (Lipinski definition) is 3. The fraction of sp³-hybridized carbons (Fsp3) is 0.913. The van der Waals surface area contributed by atoms with Crippen LogP contribution in [0.15, 0.2) is 12.2 Å². The van der Waals surface area contributed by atoms with Crippen molar-refractivity contribution in [2.45, 2.75) is 244 Å². The summed E-state index contributed by atoms with van der Waals surface area (Å²) in [6.45, 7) is 2.22. The number of phosphoric acid groups is 1. The number of carbonyl (C=O) groups is 2. The third-order valence-corrected chi connectivity index (χ3v) is 11.4. The van der Waals surface area contributed by atoms with Gasteiger partial charge in [0, 0.05) is 12.8 Å². The number of esters is 2. The topological polar surface area (TPSA) is 149 Å². The minimum absolute atomic E-state index is 0.185. The molecule has 0 radical (unpaired) electrons. The van der Waals surface area contributed by atoms with E-state index in [0.29, 0.717) is 12.8 Å². The van der Waals surface area contributed by atoms with Gasteiger partial charge in [-0.25, -0.2) is 4.57 Å². The van der Waals surface area contributed by atoms with E-state index in [1.807, 2.05) is 0 Å². The lowest BCUT2D eigenvalue weighted by Gasteiger charge is -2.20. The number of carbonyl (C=O) groups excluding carboxylic acids is 2. The molecule has 0 aromatic rings. The SMILES string of the molecule is CCCCCC/C=C\CCCCCCCC(=O)OC(CO)COP(=O)(O)OCC(CO)OC(=O)CCCCCCCCCCCCCCCCCCCCCCC. The second kappa shape index (κ2) is 42.8. The molecule has 10 nitrogen and oxygen atoms in total. The Hall–Kier alpha value is -1.29. The first-order valence-corrected chi connectivity index (χ1v) is 25.1. The molecule has 0 heterocycles. The van der Waals surface area contributed by atoms with E-state index in [9.17, 15) is 29.3 Å². The van der Waals surface area contributed by atoms with E-state index in [2.05, 4.69) is 26.0 Å². The van der Waals surface area contributed by atoms with Crippen LogP contribution in [0.25, 0.3) is 0 Å². The van der Waals surface area contributed by atoms with Crippen LogP contribution in [-0.4, -0.2) is 65.7 Å². The zero-order valence-electron chi connectivity index (χ0n) is 36.8. The highest BCUT2D eigenvalue weighted by Gasteiger charge is 2.27. The van der Waals surface area contributed by atoms with Gasteiger partial charge in [-0.2, -0.15) is 0 Å². The van der Waals surface area contributed by atoms with Gasteiger partial charge < -0.3 is 24.6 Å². The second-order valence-electron chi connectivity index (χ2n) is 16.1. The fourth-order valence-electron chi connectivity index (χ4n) is 6.82. The van der Waals surface area contributed by atoms with Crippen molar-refractivity contribution in [3.05, 3.63) is 12.2 Å². The van der Waals surface area contributed by atoms with Crippen molar-refractivity contribution < 1.29 is 47.8 Å². The van der Waals surface area contributed by atoms with Gasteiger partial charge in [-0.15, -0.1) is 0 Å². The third-order valence-electron chi connectivity index (χ3n) is 10.5.